The topological polar surface area (TPSA) is 201 Å². The van der Waals surface area contributed by atoms with E-state index < -0.39 is 35.7 Å². The molecule has 3 aromatic rings. The number of rotatable bonds is 20. The van der Waals surface area contributed by atoms with Crippen LogP contribution in [0.15, 0.2) is 82.6 Å². The van der Waals surface area contributed by atoms with Gasteiger partial charge < -0.3 is 43.7 Å². The number of nitro benzene ring substituents is 1. The van der Waals surface area contributed by atoms with E-state index in [4.69, 9.17) is 19.0 Å². The minimum Gasteiger partial charge on any atom is -0.453 e. The summed E-state index contributed by atoms with van der Waals surface area (Å²) in [6.45, 7) is 6.97. The molecule has 0 saturated heterocycles. The van der Waals surface area contributed by atoms with Gasteiger partial charge in [0.2, 0.25) is 6.29 Å². The molecule has 17 nitrogen and oxygen atoms in total. The van der Waals surface area contributed by atoms with E-state index in [9.17, 15) is 42.5 Å². The maximum absolute atomic E-state index is 12.1. The van der Waals surface area contributed by atoms with Gasteiger partial charge in [0, 0.05) is 78.8 Å². The number of hydrogen-bond donors (Lipinski definition) is 1. The van der Waals surface area contributed by atoms with E-state index in [1.807, 2.05) is 60.9 Å². The predicted molar refractivity (Wildman–Crippen MR) is 252 cm³/mol. The zero-order chi connectivity index (χ0) is 49.9. The molecule has 3 rings (SSSR count). The van der Waals surface area contributed by atoms with Crippen molar-refractivity contribution < 1.29 is 71.1 Å². The van der Waals surface area contributed by atoms with E-state index in [2.05, 4.69) is 23.3 Å². The van der Waals surface area contributed by atoms with Crippen LogP contribution in [0.25, 0.3) is 0 Å². The van der Waals surface area contributed by atoms with Crippen LogP contribution in [0.2, 0.25) is 0 Å². The lowest BCUT2D eigenvalue weighted by Gasteiger charge is -2.21. The second-order valence-electron chi connectivity index (χ2n) is 13.0. The predicted octanol–water partition coefficient (Wildman–Crippen LogP) is 9.19. The normalized spacial score (nSPS) is 10.2. The van der Waals surface area contributed by atoms with Gasteiger partial charge in [0.05, 0.1) is 39.3 Å². The Bertz CT molecular complexity index is 1890. The molecule has 2 N–H and O–H groups in total. The van der Waals surface area contributed by atoms with Gasteiger partial charge in [0.15, 0.2) is 0 Å². The Labute approximate surface area is 399 Å². The number of non-ortho nitro benzene ring substituents is 1. The molecule has 368 valence electrons. The molecular formula is C42H59F3N5O12S4+. The molecular weight excluding hydrogens is 952 g/mol. The number of benzene rings is 3. The SMILES string of the molecule is CCCSSc1ccccc1COC(=O)N(C)CCN(C)C(=O)OC.CCCSSc1ccccc1COC(=O)Oc1ccc([N+](=O)[O-])cc1.C[NH2+]CCN(C)C(=O)OC.O=CC(F)(F)F. The summed E-state index contributed by atoms with van der Waals surface area (Å²) in [6, 6.07) is 20.8. The van der Waals surface area contributed by atoms with Crippen molar-refractivity contribution in [1.82, 2.24) is 14.7 Å². The molecule has 0 aromatic heterocycles. The third kappa shape index (κ3) is 28.8. The van der Waals surface area contributed by atoms with Crippen molar-refractivity contribution in [3.63, 3.8) is 0 Å². The number of likely N-dealkylation sites (N-methyl/N-ethyl adjacent to an activating group) is 4. The van der Waals surface area contributed by atoms with Crippen LogP contribution in [0.4, 0.5) is 38.0 Å². The Morgan fingerprint density at radius 2 is 1.14 bits per heavy atom. The van der Waals surface area contributed by atoms with Crippen molar-refractivity contribution in [2.75, 3.05) is 80.1 Å². The lowest BCUT2D eigenvalue weighted by molar-refractivity contribution is -0.626. The number of hydrogen-bond acceptors (Lipinski definition) is 16. The number of nitrogens with two attached hydrogens (primary N) is 1. The Kier molecular flexibility index (Phi) is 33.4. The van der Waals surface area contributed by atoms with E-state index >= 15 is 0 Å². The summed E-state index contributed by atoms with van der Waals surface area (Å²) in [6.07, 6.45) is -5.46. The molecule has 0 heterocycles. The Morgan fingerprint density at radius 1 is 0.712 bits per heavy atom. The first-order chi connectivity index (χ1) is 31.4. The van der Waals surface area contributed by atoms with Crippen molar-refractivity contribution in [3.8, 4) is 5.75 Å². The number of carbonyl (C=O) groups excluding carboxylic acids is 5. The van der Waals surface area contributed by atoms with Gasteiger partial charge in [0.1, 0.15) is 19.0 Å². The molecule has 0 radical (unpaired) electrons. The number of amides is 3. The number of nitro groups is 1. The Morgan fingerprint density at radius 3 is 1.55 bits per heavy atom. The fourth-order valence-electron chi connectivity index (χ4n) is 4.14. The van der Waals surface area contributed by atoms with Crippen molar-refractivity contribution in [2.24, 2.45) is 0 Å². The minimum atomic E-state index is -4.64. The summed E-state index contributed by atoms with van der Waals surface area (Å²) >= 11 is 0. The van der Waals surface area contributed by atoms with E-state index in [-0.39, 0.29) is 30.7 Å². The Balaban J connectivity index is 0.000000967. The fraction of sp³-hybridized carbons (Fsp3) is 0.452. The van der Waals surface area contributed by atoms with Gasteiger partial charge in [0.25, 0.3) is 5.69 Å². The minimum absolute atomic E-state index is 0.0729. The van der Waals surface area contributed by atoms with E-state index in [0.717, 1.165) is 58.4 Å². The van der Waals surface area contributed by atoms with Gasteiger partial charge in [-0.1, -0.05) is 93.4 Å². The van der Waals surface area contributed by atoms with Crippen LogP contribution < -0.4 is 10.1 Å². The summed E-state index contributed by atoms with van der Waals surface area (Å²) in [5, 5.41) is 12.6. The van der Waals surface area contributed by atoms with Gasteiger partial charge in [-0.25, -0.2) is 19.2 Å². The highest BCUT2D eigenvalue weighted by atomic mass is 33.1. The lowest BCUT2D eigenvalue weighted by Crippen LogP contribution is -2.81. The smallest absolute Gasteiger partial charge is 0.453 e. The van der Waals surface area contributed by atoms with Gasteiger partial charge in [-0.3, -0.25) is 14.9 Å². The lowest BCUT2D eigenvalue weighted by atomic mass is 10.2. The molecule has 0 aliphatic heterocycles. The molecule has 0 aliphatic rings. The summed E-state index contributed by atoms with van der Waals surface area (Å²) in [5.41, 5.74) is 1.82. The van der Waals surface area contributed by atoms with Crippen molar-refractivity contribution >= 4 is 79.6 Å². The van der Waals surface area contributed by atoms with Gasteiger partial charge in [-0.2, -0.15) is 13.2 Å². The molecule has 66 heavy (non-hydrogen) atoms. The van der Waals surface area contributed by atoms with Gasteiger partial charge >= 0.3 is 30.6 Å². The average molecular weight is 1010 g/mol. The summed E-state index contributed by atoms with van der Waals surface area (Å²) in [4.78, 5) is 71.2. The van der Waals surface area contributed by atoms with Crippen LogP contribution >= 0.6 is 43.2 Å². The van der Waals surface area contributed by atoms with E-state index in [1.165, 1.54) is 48.3 Å². The molecule has 0 aliphatic carbocycles. The quantitative estimate of drug-likeness (QED) is 0.0164. The zero-order valence-corrected chi connectivity index (χ0v) is 41.4. The van der Waals surface area contributed by atoms with Crippen LogP contribution in [-0.2, 0) is 37.0 Å². The van der Waals surface area contributed by atoms with Crippen LogP contribution in [0, 0.1) is 10.1 Å². The molecule has 24 heteroatoms. The second-order valence-corrected chi connectivity index (χ2v) is 17.9. The standard InChI is InChI=1S/C17H26N2O4S2.C17H17NO5S2.C6H14N2O2.C2HF3O/c1-5-12-24-25-15-9-7-6-8-14(15)13-23-17(21)19(3)11-10-18(2)16(20)22-4;1-2-11-24-25-16-6-4-3-5-13(16)12-22-17(19)23-15-9-7-14(8-10-15)18(20)21;1-7-4-5-8(2)6(9)10-3;3-2(4,5)1-6/h6-9H,5,10-13H2,1-4H3;3-10H,2,11-12H2,1H3;7H,4-5H2,1-3H3;1H/p+1. The zero-order valence-electron chi connectivity index (χ0n) is 38.1. The summed E-state index contributed by atoms with van der Waals surface area (Å²) in [5.74, 6) is 2.31. The molecule has 0 fully saturated rings. The monoisotopic (exact) mass is 1010 g/mol. The first kappa shape index (κ1) is 61.0. The molecule has 0 bridgehead atoms. The number of quaternary nitrogens is 1. The van der Waals surface area contributed by atoms with Crippen LogP contribution in [0.1, 0.15) is 37.8 Å². The van der Waals surface area contributed by atoms with Crippen LogP contribution in [-0.4, -0.2) is 137 Å². The number of methoxy groups -OCH3 is 2. The Hall–Kier alpha value is -5.04. The third-order valence-corrected chi connectivity index (χ3v) is 13.0. The molecule has 0 unspecified atom stereocenters. The molecule has 0 atom stereocenters. The van der Waals surface area contributed by atoms with Crippen LogP contribution in [0.3, 0.4) is 0 Å². The maximum atomic E-state index is 12.1. The number of carbonyl (C=O) groups is 5. The maximum Gasteiger partial charge on any atom is 0.514 e. The summed E-state index contributed by atoms with van der Waals surface area (Å²) in [7, 11) is 16.6. The van der Waals surface area contributed by atoms with Gasteiger partial charge in [-0.15, -0.1) is 0 Å². The largest absolute Gasteiger partial charge is 0.514 e. The van der Waals surface area contributed by atoms with E-state index in [1.54, 1.807) is 69.2 Å². The highest BCUT2D eigenvalue weighted by Crippen LogP contribution is 2.35. The molecule has 0 spiro atoms. The third-order valence-electron chi connectivity index (χ3n) is 7.70. The van der Waals surface area contributed by atoms with Crippen molar-refractivity contribution in [3.05, 3.63) is 94.0 Å². The molecule has 3 aromatic carbocycles. The van der Waals surface area contributed by atoms with Crippen LogP contribution in [0.5, 0.6) is 5.75 Å². The number of nitrogens with zero attached hydrogens (tertiary/aromatic N) is 4. The average Bonchev–Trinajstić information content (AvgIpc) is 3.31. The molecule has 0 saturated carbocycles. The van der Waals surface area contributed by atoms with Crippen molar-refractivity contribution in [1.29, 1.82) is 0 Å². The van der Waals surface area contributed by atoms with E-state index in [0.29, 0.717) is 13.1 Å². The summed E-state index contributed by atoms with van der Waals surface area (Å²) < 4.78 is 55.9. The highest BCUT2D eigenvalue weighted by molar-refractivity contribution is 8.77. The first-order valence-electron chi connectivity index (χ1n) is 20.0. The number of ether oxygens (including phenoxy) is 5. The first-order valence-corrected chi connectivity index (χ1v) is 24.6. The highest BCUT2D eigenvalue weighted by Gasteiger charge is 2.25. The number of halogens is 3. The molecule has 3 amide bonds. The second kappa shape index (κ2) is 36.1. The number of aldehydes is 1. The van der Waals surface area contributed by atoms with Gasteiger partial charge in [-0.05, 0) is 37.1 Å². The fourth-order valence-corrected chi connectivity index (χ4v) is 8.87. The number of alkyl halides is 3. The van der Waals surface area contributed by atoms with Crippen molar-refractivity contribution in [2.45, 2.75) is 55.9 Å².